The first kappa shape index (κ1) is 14.6. The van der Waals surface area contributed by atoms with Crippen molar-refractivity contribution in [3.05, 3.63) is 28.8 Å². The number of ether oxygens (including phenoxy) is 2. The van der Waals surface area contributed by atoms with Crippen LogP contribution in [0.3, 0.4) is 0 Å². The van der Waals surface area contributed by atoms with Crippen LogP contribution in [0.1, 0.15) is 37.3 Å². The highest BCUT2D eigenvalue weighted by Crippen LogP contribution is 2.31. The van der Waals surface area contributed by atoms with Crippen LogP contribution in [0.4, 0.5) is 0 Å². The van der Waals surface area contributed by atoms with Gasteiger partial charge in [-0.15, -0.1) is 0 Å². The van der Waals surface area contributed by atoms with Gasteiger partial charge in [-0.3, -0.25) is 0 Å². The first-order valence-electron chi connectivity index (χ1n) is 6.87. The number of methoxy groups -OCH3 is 1. The Morgan fingerprint density at radius 2 is 2.37 bits per heavy atom. The van der Waals surface area contributed by atoms with Gasteiger partial charge < -0.3 is 14.8 Å². The Labute approximate surface area is 120 Å². The minimum absolute atomic E-state index is 0.274. The fourth-order valence-corrected chi connectivity index (χ4v) is 2.81. The molecule has 0 amide bonds. The van der Waals surface area contributed by atoms with Crippen LogP contribution in [0.25, 0.3) is 0 Å². The molecule has 4 heteroatoms. The summed E-state index contributed by atoms with van der Waals surface area (Å²) in [4.78, 5) is 0. The first-order valence-corrected chi connectivity index (χ1v) is 7.24. The van der Waals surface area contributed by atoms with E-state index >= 15 is 0 Å². The average molecular weight is 284 g/mol. The summed E-state index contributed by atoms with van der Waals surface area (Å²) in [7, 11) is 3.66. The van der Waals surface area contributed by atoms with E-state index in [2.05, 4.69) is 5.32 Å². The molecule has 1 saturated heterocycles. The molecule has 0 radical (unpaired) electrons. The molecule has 0 bridgehead atoms. The van der Waals surface area contributed by atoms with Crippen LogP contribution in [0.15, 0.2) is 18.2 Å². The summed E-state index contributed by atoms with van der Waals surface area (Å²) in [6, 6.07) is 6.09. The minimum Gasteiger partial charge on any atom is -0.496 e. The van der Waals surface area contributed by atoms with Crippen LogP contribution in [0.5, 0.6) is 5.75 Å². The van der Waals surface area contributed by atoms with Crippen LogP contribution in [0.2, 0.25) is 5.02 Å². The molecule has 0 spiro atoms. The van der Waals surface area contributed by atoms with Crippen LogP contribution < -0.4 is 10.1 Å². The summed E-state index contributed by atoms with van der Waals surface area (Å²) < 4.78 is 11.1. The number of benzene rings is 1. The van der Waals surface area contributed by atoms with E-state index in [-0.39, 0.29) is 6.04 Å². The Hall–Kier alpha value is -0.770. The summed E-state index contributed by atoms with van der Waals surface area (Å²) in [5.41, 5.74) is 1.16. The quantitative estimate of drug-likeness (QED) is 0.866. The smallest absolute Gasteiger partial charge is 0.125 e. The second kappa shape index (κ2) is 7.13. The summed E-state index contributed by atoms with van der Waals surface area (Å²) in [5.74, 6) is 0.846. The molecule has 1 aromatic carbocycles. The van der Waals surface area contributed by atoms with Gasteiger partial charge in [-0.25, -0.2) is 0 Å². The highest BCUT2D eigenvalue weighted by Gasteiger charge is 2.20. The lowest BCUT2D eigenvalue weighted by Crippen LogP contribution is -2.19. The highest BCUT2D eigenvalue weighted by molar-refractivity contribution is 6.30. The standard InChI is InChI=1S/C15H22ClNO2/c1-17-14(8-6-12-4-3-9-19-12)13-7-5-11(16)10-15(13)18-2/h5,7,10,12,14,17H,3-4,6,8-9H2,1-2H3. The fraction of sp³-hybridized carbons (Fsp3) is 0.600. The monoisotopic (exact) mass is 283 g/mol. The molecule has 1 fully saturated rings. The number of nitrogens with one attached hydrogen (secondary N) is 1. The third kappa shape index (κ3) is 3.85. The Kier molecular flexibility index (Phi) is 5.49. The third-order valence-corrected chi connectivity index (χ3v) is 3.96. The maximum atomic E-state index is 6.00. The van der Waals surface area contributed by atoms with Crippen molar-refractivity contribution in [2.24, 2.45) is 0 Å². The largest absolute Gasteiger partial charge is 0.496 e. The summed E-state index contributed by atoms with van der Waals surface area (Å²) in [5, 5.41) is 4.06. The van der Waals surface area contributed by atoms with Crippen molar-refractivity contribution in [2.45, 2.75) is 37.8 Å². The molecular formula is C15H22ClNO2. The van der Waals surface area contributed by atoms with Crippen LogP contribution in [-0.2, 0) is 4.74 Å². The molecule has 1 aromatic rings. The van der Waals surface area contributed by atoms with Crippen LogP contribution >= 0.6 is 11.6 Å². The molecule has 2 rings (SSSR count). The van der Waals surface area contributed by atoms with Crippen molar-refractivity contribution in [1.29, 1.82) is 0 Å². The molecule has 1 aliphatic rings. The van der Waals surface area contributed by atoms with Gasteiger partial charge in [0.25, 0.3) is 0 Å². The van der Waals surface area contributed by atoms with Crippen molar-refractivity contribution in [3.8, 4) is 5.75 Å². The molecule has 2 unspecified atom stereocenters. The van der Waals surface area contributed by atoms with Crippen molar-refractivity contribution in [2.75, 3.05) is 20.8 Å². The summed E-state index contributed by atoms with van der Waals surface area (Å²) in [6.07, 6.45) is 4.93. The average Bonchev–Trinajstić information content (AvgIpc) is 2.93. The SMILES string of the molecule is CNC(CCC1CCCO1)c1ccc(Cl)cc1OC. The van der Waals surface area contributed by atoms with Gasteiger partial charge in [-0.1, -0.05) is 17.7 Å². The molecule has 3 nitrogen and oxygen atoms in total. The Bertz CT molecular complexity index is 405. The van der Waals surface area contributed by atoms with E-state index in [9.17, 15) is 0 Å². The van der Waals surface area contributed by atoms with E-state index in [0.717, 1.165) is 30.8 Å². The van der Waals surface area contributed by atoms with Gasteiger partial charge >= 0.3 is 0 Å². The predicted molar refractivity (Wildman–Crippen MR) is 78.0 cm³/mol. The third-order valence-electron chi connectivity index (χ3n) is 3.72. The first-order chi connectivity index (χ1) is 9.24. The molecular weight excluding hydrogens is 262 g/mol. The maximum absolute atomic E-state index is 6.00. The molecule has 106 valence electrons. The Morgan fingerprint density at radius 1 is 1.53 bits per heavy atom. The molecule has 0 aliphatic carbocycles. The normalized spacial score (nSPS) is 20.5. The fourth-order valence-electron chi connectivity index (χ4n) is 2.65. The Balaban J connectivity index is 2.03. The van der Waals surface area contributed by atoms with E-state index < -0.39 is 0 Å². The molecule has 1 heterocycles. The molecule has 1 aliphatic heterocycles. The lowest BCUT2D eigenvalue weighted by atomic mass is 9.98. The number of rotatable bonds is 6. The van der Waals surface area contributed by atoms with Gasteiger partial charge in [-0.2, -0.15) is 0 Å². The summed E-state index contributed by atoms with van der Waals surface area (Å²) in [6.45, 7) is 0.916. The van der Waals surface area contributed by atoms with E-state index in [1.807, 2.05) is 25.2 Å². The van der Waals surface area contributed by atoms with Gasteiger partial charge in [0.05, 0.1) is 13.2 Å². The zero-order valence-electron chi connectivity index (χ0n) is 11.6. The van der Waals surface area contributed by atoms with Gasteiger partial charge in [0.1, 0.15) is 5.75 Å². The maximum Gasteiger partial charge on any atom is 0.125 e. The second-order valence-electron chi connectivity index (χ2n) is 4.94. The van der Waals surface area contributed by atoms with Gasteiger partial charge in [0.2, 0.25) is 0 Å². The lowest BCUT2D eigenvalue weighted by Gasteiger charge is -2.21. The van der Waals surface area contributed by atoms with E-state index in [4.69, 9.17) is 21.1 Å². The topological polar surface area (TPSA) is 30.5 Å². The van der Waals surface area contributed by atoms with Gasteiger partial charge in [0, 0.05) is 23.2 Å². The minimum atomic E-state index is 0.274. The highest BCUT2D eigenvalue weighted by atomic mass is 35.5. The molecule has 0 saturated carbocycles. The van der Waals surface area contributed by atoms with E-state index in [0.29, 0.717) is 11.1 Å². The van der Waals surface area contributed by atoms with Gasteiger partial charge in [-0.05, 0) is 44.9 Å². The second-order valence-corrected chi connectivity index (χ2v) is 5.38. The van der Waals surface area contributed by atoms with Crippen molar-refractivity contribution >= 4 is 11.6 Å². The lowest BCUT2D eigenvalue weighted by molar-refractivity contribution is 0.0997. The number of hydrogen-bond acceptors (Lipinski definition) is 3. The van der Waals surface area contributed by atoms with E-state index in [1.54, 1.807) is 7.11 Å². The van der Waals surface area contributed by atoms with Gasteiger partial charge in [0.15, 0.2) is 0 Å². The molecule has 19 heavy (non-hydrogen) atoms. The van der Waals surface area contributed by atoms with Crippen LogP contribution in [-0.4, -0.2) is 26.9 Å². The summed E-state index contributed by atoms with van der Waals surface area (Å²) >= 11 is 6.00. The van der Waals surface area contributed by atoms with E-state index in [1.165, 1.54) is 12.8 Å². The predicted octanol–water partition coefficient (Wildman–Crippen LogP) is 3.57. The molecule has 0 aromatic heterocycles. The molecule has 2 atom stereocenters. The molecule has 1 N–H and O–H groups in total. The number of halogens is 1. The Morgan fingerprint density at radius 3 is 3.00 bits per heavy atom. The zero-order chi connectivity index (χ0) is 13.7. The van der Waals surface area contributed by atoms with Crippen molar-refractivity contribution in [1.82, 2.24) is 5.32 Å². The van der Waals surface area contributed by atoms with Crippen LogP contribution in [0, 0.1) is 0 Å². The zero-order valence-corrected chi connectivity index (χ0v) is 12.4. The van der Waals surface area contributed by atoms with Crippen molar-refractivity contribution in [3.63, 3.8) is 0 Å². The van der Waals surface area contributed by atoms with Crippen molar-refractivity contribution < 1.29 is 9.47 Å². The number of hydrogen-bond donors (Lipinski definition) is 1.